The number of hydrogen-bond donors (Lipinski definition) is 2. The first-order valence-corrected chi connectivity index (χ1v) is 8.32. The van der Waals surface area contributed by atoms with Crippen LogP contribution in [0.1, 0.15) is 25.3 Å². The Bertz CT molecular complexity index is 761. The summed E-state index contributed by atoms with van der Waals surface area (Å²) in [6, 6.07) is 6.35. The monoisotopic (exact) mass is 363 g/mol. The first-order chi connectivity index (χ1) is 12.0. The number of hydrogen-bond acceptors (Lipinski definition) is 5. The Morgan fingerprint density at radius 2 is 2.12 bits per heavy atom. The molecule has 25 heavy (non-hydrogen) atoms. The van der Waals surface area contributed by atoms with E-state index >= 15 is 0 Å². The summed E-state index contributed by atoms with van der Waals surface area (Å²) in [5.74, 6) is 0.688. The molecule has 1 saturated heterocycles. The largest absolute Gasteiger partial charge is 0.354 e. The predicted molar refractivity (Wildman–Crippen MR) is 90.9 cm³/mol. The minimum Gasteiger partial charge on any atom is -0.354 e. The van der Waals surface area contributed by atoms with Gasteiger partial charge in [0, 0.05) is 36.6 Å². The van der Waals surface area contributed by atoms with Gasteiger partial charge in [0.15, 0.2) is 0 Å². The van der Waals surface area contributed by atoms with E-state index in [1.54, 1.807) is 36.1 Å². The second-order valence-electron chi connectivity index (χ2n) is 5.72. The van der Waals surface area contributed by atoms with Gasteiger partial charge in [0.05, 0.1) is 0 Å². The lowest BCUT2D eigenvalue weighted by Gasteiger charge is -2.21. The molecule has 1 fully saturated rings. The van der Waals surface area contributed by atoms with Crippen LogP contribution in [-0.4, -0.2) is 46.6 Å². The minimum atomic E-state index is -0.451. The third-order valence-electron chi connectivity index (χ3n) is 3.85. The van der Waals surface area contributed by atoms with Crippen LogP contribution in [0.5, 0.6) is 0 Å². The molecule has 0 spiro atoms. The van der Waals surface area contributed by atoms with Crippen LogP contribution in [0.2, 0.25) is 5.02 Å². The summed E-state index contributed by atoms with van der Waals surface area (Å²) in [5, 5.41) is 10.1. The number of urea groups is 1. The van der Waals surface area contributed by atoms with Crippen LogP contribution in [0, 0.1) is 0 Å². The van der Waals surface area contributed by atoms with Crippen molar-refractivity contribution in [3.8, 4) is 11.4 Å². The van der Waals surface area contributed by atoms with E-state index in [4.69, 9.17) is 16.1 Å². The van der Waals surface area contributed by atoms with Crippen molar-refractivity contribution in [1.82, 2.24) is 25.7 Å². The number of rotatable bonds is 3. The van der Waals surface area contributed by atoms with Crippen LogP contribution in [0.4, 0.5) is 4.79 Å². The summed E-state index contributed by atoms with van der Waals surface area (Å²) >= 11 is 5.86. The van der Waals surface area contributed by atoms with Crippen molar-refractivity contribution in [1.29, 1.82) is 0 Å². The molecule has 0 unspecified atom stereocenters. The lowest BCUT2D eigenvalue weighted by atomic mass is 10.2. The highest BCUT2D eigenvalue weighted by Gasteiger charge is 2.22. The lowest BCUT2D eigenvalue weighted by Crippen LogP contribution is -2.42. The Morgan fingerprint density at radius 1 is 1.36 bits per heavy atom. The van der Waals surface area contributed by atoms with Crippen molar-refractivity contribution < 1.29 is 14.1 Å². The standard InChI is InChI=1S/C16H18ClN5O3/c1-10(19-16(24)22-8-6-13(23)18-7-9-22)15-20-14(21-25-15)11-2-4-12(17)5-3-11/h2-5,10H,6-9H2,1H3,(H,18,23)(H,19,24)/t10-/m1/s1. The van der Waals surface area contributed by atoms with Crippen molar-refractivity contribution in [2.75, 3.05) is 19.6 Å². The normalized spacial score (nSPS) is 16.1. The first kappa shape index (κ1) is 17.2. The topological polar surface area (TPSA) is 100 Å². The third kappa shape index (κ3) is 4.27. The number of nitrogens with zero attached hydrogens (tertiary/aromatic N) is 3. The highest BCUT2D eigenvalue weighted by Crippen LogP contribution is 2.20. The molecule has 2 N–H and O–H groups in total. The molecule has 2 heterocycles. The quantitative estimate of drug-likeness (QED) is 0.868. The van der Waals surface area contributed by atoms with Gasteiger partial charge in [0.25, 0.3) is 0 Å². The number of halogens is 1. The molecule has 8 nitrogen and oxygen atoms in total. The Morgan fingerprint density at radius 3 is 2.88 bits per heavy atom. The zero-order chi connectivity index (χ0) is 17.8. The highest BCUT2D eigenvalue weighted by molar-refractivity contribution is 6.30. The highest BCUT2D eigenvalue weighted by atomic mass is 35.5. The minimum absolute atomic E-state index is 0.0483. The van der Waals surface area contributed by atoms with Crippen LogP contribution in [0.3, 0.4) is 0 Å². The predicted octanol–water partition coefficient (Wildman–Crippen LogP) is 1.98. The van der Waals surface area contributed by atoms with Crippen LogP contribution >= 0.6 is 11.6 Å². The molecule has 0 aliphatic carbocycles. The summed E-state index contributed by atoms with van der Waals surface area (Å²) in [5.41, 5.74) is 0.773. The fourth-order valence-electron chi connectivity index (χ4n) is 2.44. The van der Waals surface area contributed by atoms with Gasteiger partial charge in [-0.1, -0.05) is 16.8 Å². The van der Waals surface area contributed by atoms with Gasteiger partial charge in [-0.3, -0.25) is 4.79 Å². The molecule has 2 aromatic rings. The Labute approximate surface area is 149 Å². The van der Waals surface area contributed by atoms with Gasteiger partial charge < -0.3 is 20.1 Å². The van der Waals surface area contributed by atoms with Gasteiger partial charge in [-0.2, -0.15) is 4.98 Å². The lowest BCUT2D eigenvalue weighted by molar-refractivity contribution is -0.120. The summed E-state index contributed by atoms with van der Waals surface area (Å²) < 4.78 is 5.25. The Kier molecular flexibility index (Phi) is 5.18. The fourth-order valence-corrected chi connectivity index (χ4v) is 2.56. The van der Waals surface area contributed by atoms with Crippen LogP contribution in [0.25, 0.3) is 11.4 Å². The SMILES string of the molecule is C[C@@H](NC(=O)N1CCNC(=O)CC1)c1nc(-c2ccc(Cl)cc2)no1. The number of carbonyl (C=O) groups excluding carboxylic acids is 2. The molecule has 3 amide bonds. The second-order valence-corrected chi connectivity index (χ2v) is 6.16. The Hall–Kier alpha value is -2.61. The van der Waals surface area contributed by atoms with Crippen LogP contribution in [-0.2, 0) is 4.79 Å². The molecule has 3 rings (SSSR count). The number of carbonyl (C=O) groups is 2. The first-order valence-electron chi connectivity index (χ1n) is 7.94. The molecular formula is C16H18ClN5O3. The van der Waals surface area contributed by atoms with Crippen molar-refractivity contribution in [2.45, 2.75) is 19.4 Å². The number of benzene rings is 1. The molecule has 1 aromatic heterocycles. The number of amides is 3. The average molecular weight is 364 g/mol. The van der Waals surface area contributed by atoms with E-state index < -0.39 is 6.04 Å². The van der Waals surface area contributed by atoms with E-state index in [1.807, 2.05) is 0 Å². The zero-order valence-corrected chi connectivity index (χ0v) is 14.4. The average Bonchev–Trinajstić information content (AvgIpc) is 2.98. The molecule has 132 valence electrons. The van der Waals surface area contributed by atoms with E-state index in [1.165, 1.54) is 0 Å². The van der Waals surface area contributed by atoms with Gasteiger partial charge >= 0.3 is 6.03 Å². The molecule has 0 radical (unpaired) electrons. The Balaban J connectivity index is 1.63. The van der Waals surface area contributed by atoms with E-state index in [0.29, 0.717) is 42.8 Å². The third-order valence-corrected chi connectivity index (χ3v) is 4.11. The summed E-state index contributed by atoms with van der Waals surface area (Å²) in [4.78, 5) is 29.6. The molecule has 1 aliphatic rings. The maximum absolute atomic E-state index is 12.3. The van der Waals surface area contributed by atoms with Crippen LogP contribution in [0.15, 0.2) is 28.8 Å². The number of aromatic nitrogens is 2. The van der Waals surface area contributed by atoms with E-state index in [9.17, 15) is 9.59 Å². The molecule has 9 heteroatoms. The van der Waals surface area contributed by atoms with Crippen LogP contribution < -0.4 is 10.6 Å². The molecule has 1 aromatic carbocycles. The molecule has 0 bridgehead atoms. The van der Waals surface area contributed by atoms with Crippen molar-refractivity contribution in [2.24, 2.45) is 0 Å². The van der Waals surface area contributed by atoms with E-state index in [-0.39, 0.29) is 11.9 Å². The van der Waals surface area contributed by atoms with Crippen molar-refractivity contribution in [3.05, 3.63) is 35.2 Å². The summed E-state index contributed by atoms with van der Waals surface area (Å²) in [6.07, 6.45) is 0.295. The number of nitrogens with one attached hydrogen (secondary N) is 2. The maximum Gasteiger partial charge on any atom is 0.318 e. The molecule has 1 aliphatic heterocycles. The van der Waals surface area contributed by atoms with E-state index in [0.717, 1.165) is 5.56 Å². The fraction of sp³-hybridized carbons (Fsp3) is 0.375. The van der Waals surface area contributed by atoms with Crippen molar-refractivity contribution in [3.63, 3.8) is 0 Å². The molecule has 0 saturated carbocycles. The van der Waals surface area contributed by atoms with Gasteiger partial charge in [0.2, 0.25) is 17.6 Å². The smallest absolute Gasteiger partial charge is 0.318 e. The molecule has 1 atom stereocenters. The summed E-state index contributed by atoms with van der Waals surface area (Å²) in [6.45, 7) is 3.05. The zero-order valence-electron chi connectivity index (χ0n) is 13.7. The van der Waals surface area contributed by atoms with Gasteiger partial charge in [-0.15, -0.1) is 0 Å². The molecular weight excluding hydrogens is 346 g/mol. The van der Waals surface area contributed by atoms with E-state index in [2.05, 4.69) is 20.8 Å². The van der Waals surface area contributed by atoms with Gasteiger partial charge in [-0.05, 0) is 31.2 Å². The summed E-state index contributed by atoms with van der Waals surface area (Å²) in [7, 11) is 0. The van der Waals surface area contributed by atoms with Crippen molar-refractivity contribution >= 4 is 23.5 Å². The van der Waals surface area contributed by atoms with Gasteiger partial charge in [0.1, 0.15) is 6.04 Å². The maximum atomic E-state index is 12.3. The van der Waals surface area contributed by atoms with Gasteiger partial charge in [-0.25, -0.2) is 4.79 Å². The second kappa shape index (κ2) is 7.52.